The molecule has 1 aliphatic rings. The van der Waals surface area contributed by atoms with Crippen molar-refractivity contribution in [3.05, 3.63) is 71.3 Å². The Bertz CT molecular complexity index is 1210. The molecule has 0 spiro atoms. The normalized spacial score (nSPS) is 17.6. The summed E-state index contributed by atoms with van der Waals surface area (Å²) in [6, 6.07) is 13.4. The van der Waals surface area contributed by atoms with Crippen LogP contribution in [0.5, 0.6) is 5.75 Å². The highest BCUT2D eigenvalue weighted by atomic mass is 32.1. The van der Waals surface area contributed by atoms with Crippen molar-refractivity contribution in [2.75, 3.05) is 31.0 Å². The van der Waals surface area contributed by atoms with E-state index in [-0.39, 0.29) is 24.6 Å². The fourth-order valence-electron chi connectivity index (χ4n) is 4.39. The zero-order valence-corrected chi connectivity index (χ0v) is 20.8. The van der Waals surface area contributed by atoms with E-state index in [0.717, 1.165) is 28.3 Å². The molecule has 8 nitrogen and oxygen atoms in total. The van der Waals surface area contributed by atoms with E-state index in [4.69, 9.17) is 21.7 Å². The van der Waals surface area contributed by atoms with E-state index in [9.17, 15) is 4.79 Å². The molecule has 0 bridgehead atoms. The van der Waals surface area contributed by atoms with Crippen molar-refractivity contribution in [1.29, 1.82) is 0 Å². The highest BCUT2D eigenvalue weighted by molar-refractivity contribution is 7.80. The molecule has 1 fully saturated rings. The topological polar surface area (TPSA) is 80.7 Å². The summed E-state index contributed by atoms with van der Waals surface area (Å²) in [4.78, 5) is 18.9. The van der Waals surface area contributed by atoms with Gasteiger partial charge in [0, 0.05) is 37.4 Å². The van der Waals surface area contributed by atoms with Crippen LogP contribution in [0.15, 0.2) is 48.7 Å². The predicted octanol–water partition coefficient (Wildman–Crippen LogP) is 3.81. The molecule has 3 heterocycles. The van der Waals surface area contributed by atoms with Crippen LogP contribution in [0.4, 0.5) is 11.4 Å². The number of hydrogen-bond acceptors (Lipinski definition) is 5. The average Bonchev–Trinajstić information content (AvgIpc) is 3.30. The fourth-order valence-corrected chi connectivity index (χ4v) is 4.74. The van der Waals surface area contributed by atoms with Gasteiger partial charge in [-0.25, -0.2) is 0 Å². The first-order valence-corrected chi connectivity index (χ1v) is 11.4. The zero-order valence-electron chi connectivity index (χ0n) is 20.0. The SMILES string of the molecule is COCC(=O)Nc1cc(N2C(=S)N[C@H](c3ccccn3)[C@@H]2c2cc(C)n(C)c2C)ccc1OC. The van der Waals surface area contributed by atoms with E-state index in [0.29, 0.717) is 16.5 Å². The maximum absolute atomic E-state index is 12.2. The number of rotatable bonds is 7. The molecule has 2 atom stereocenters. The molecular weight excluding hydrogens is 450 g/mol. The molecule has 178 valence electrons. The highest BCUT2D eigenvalue weighted by Gasteiger charge is 2.42. The van der Waals surface area contributed by atoms with E-state index >= 15 is 0 Å². The number of thiocarbonyl (C=S) groups is 1. The second kappa shape index (κ2) is 9.82. The summed E-state index contributed by atoms with van der Waals surface area (Å²) in [7, 11) is 5.11. The van der Waals surface area contributed by atoms with Crippen LogP contribution in [0.25, 0.3) is 0 Å². The summed E-state index contributed by atoms with van der Waals surface area (Å²) in [6.45, 7) is 4.15. The second-order valence-corrected chi connectivity index (χ2v) is 8.63. The summed E-state index contributed by atoms with van der Waals surface area (Å²) in [5, 5.41) is 6.93. The maximum atomic E-state index is 12.2. The van der Waals surface area contributed by atoms with Gasteiger partial charge in [0.25, 0.3) is 0 Å². The van der Waals surface area contributed by atoms with Gasteiger partial charge in [-0.15, -0.1) is 0 Å². The Morgan fingerprint density at radius 1 is 1.21 bits per heavy atom. The fraction of sp³-hybridized carbons (Fsp3) is 0.320. The van der Waals surface area contributed by atoms with Gasteiger partial charge in [0.2, 0.25) is 5.91 Å². The largest absolute Gasteiger partial charge is 0.495 e. The molecule has 1 saturated heterocycles. The van der Waals surface area contributed by atoms with Crippen molar-refractivity contribution in [2.45, 2.75) is 25.9 Å². The van der Waals surface area contributed by atoms with Crippen molar-refractivity contribution in [1.82, 2.24) is 14.9 Å². The van der Waals surface area contributed by atoms with Crippen LogP contribution < -0.4 is 20.3 Å². The van der Waals surface area contributed by atoms with E-state index in [1.165, 1.54) is 7.11 Å². The lowest BCUT2D eigenvalue weighted by atomic mass is 9.96. The van der Waals surface area contributed by atoms with Gasteiger partial charge < -0.3 is 29.6 Å². The third-order valence-electron chi connectivity index (χ3n) is 6.24. The molecule has 2 aromatic heterocycles. The minimum absolute atomic E-state index is 0.0517. The van der Waals surface area contributed by atoms with E-state index in [1.54, 1.807) is 13.3 Å². The van der Waals surface area contributed by atoms with Gasteiger partial charge in [-0.05, 0) is 68.0 Å². The Morgan fingerprint density at radius 3 is 2.62 bits per heavy atom. The lowest BCUT2D eigenvalue weighted by Gasteiger charge is -2.28. The molecule has 34 heavy (non-hydrogen) atoms. The maximum Gasteiger partial charge on any atom is 0.250 e. The van der Waals surface area contributed by atoms with Gasteiger partial charge in [-0.2, -0.15) is 0 Å². The first-order chi connectivity index (χ1) is 16.3. The number of nitrogens with zero attached hydrogens (tertiary/aromatic N) is 3. The Hall–Kier alpha value is -3.43. The van der Waals surface area contributed by atoms with Crippen molar-refractivity contribution in [2.24, 2.45) is 7.05 Å². The minimum Gasteiger partial charge on any atom is -0.495 e. The lowest BCUT2D eigenvalue weighted by Crippen LogP contribution is -2.29. The standard InChI is InChI=1S/C25H29N5O3S/c1-15-12-18(16(2)29(15)3)24-23(19-8-6-7-11-26-19)28-25(34)30(24)17-9-10-21(33-5)20(13-17)27-22(31)14-32-4/h6-13,23-24H,14H2,1-5H3,(H,27,31)(H,28,34)/t23-,24+/m1/s1. The number of carbonyl (C=O) groups is 1. The highest BCUT2D eigenvalue weighted by Crippen LogP contribution is 2.44. The van der Waals surface area contributed by atoms with Gasteiger partial charge in [0.1, 0.15) is 12.4 Å². The van der Waals surface area contributed by atoms with Crippen molar-refractivity contribution >= 4 is 34.6 Å². The summed E-state index contributed by atoms with van der Waals surface area (Å²) in [5.41, 5.74) is 5.75. The number of ether oxygens (including phenoxy) is 2. The molecule has 1 amide bonds. The zero-order chi connectivity index (χ0) is 24.4. The smallest absolute Gasteiger partial charge is 0.250 e. The van der Waals surface area contributed by atoms with Crippen molar-refractivity contribution in [3.8, 4) is 5.75 Å². The van der Waals surface area contributed by atoms with Crippen LogP contribution in [0.3, 0.4) is 0 Å². The number of anilines is 2. The monoisotopic (exact) mass is 479 g/mol. The lowest BCUT2D eigenvalue weighted by molar-refractivity contribution is -0.119. The van der Waals surface area contributed by atoms with Crippen LogP contribution in [-0.4, -0.2) is 41.4 Å². The Labute approximate surface area is 204 Å². The van der Waals surface area contributed by atoms with Crippen LogP contribution >= 0.6 is 12.2 Å². The molecule has 3 aromatic rings. The molecule has 0 radical (unpaired) electrons. The number of nitrogens with one attached hydrogen (secondary N) is 2. The summed E-state index contributed by atoms with van der Waals surface area (Å²) in [6.07, 6.45) is 1.79. The quantitative estimate of drug-likeness (QED) is 0.499. The predicted molar refractivity (Wildman–Crippen MR) is 136 cm³/mol. The van der Waals surface area contributed by atoms with E-state index in [1.807, 2.05) is 36.4 Å². The number of benzene rings is 1. The first-order valence-electron chi connectivity index (χ1n) is 11.0. The number of pyridine rings is 1. The molecule has 0 aliphatic carbocycles. The molecular formula is C25H29N5O3S. The number of aryl methyl sites for hydroxylation is 1. The van der Waals surface area contributed by atoms with Gasteiger partial charge in [0.15, 0.2) is 5.11 Å². The third-order valence-corrected chi connectivity index (χ3v) is 6.56. The number of amides is 1. The number of carbonyl (C=O) groups excluding carboxylic acids is 1. The number of aromatic nitrogens is 2. The number of methoxy groups -OCH3 is 2. The Balaban J connectivity index is 1.82. The second-order valence-electron chi connectivity index (χ2n) is 8.25. The molecule has 0 saturated carbocycles. The van der Waals surface area contributed by atoms with Gasteiger partial charge >= 0.3 is 0 Å². The van der Waals surface area contributed by atoms with Gasteiger partial charge in [-0.1, -0.05) is 6.07 Å². The van der Waals surface area contributed by atoms with E-state index < -0.39 is 0 Å². The molecule has 0 unspecified atom stereocenters. The summed E-state index contributed by atoms with van der Waals surface area (Å²) in [5.74, 6) is 0.286. The molecule has 1 aromatic carbocycles. The van der Waals surface area contributed by atoms with Gasteiger partial charge in [0.05, 0.1) is 30.6 Å². The summed E-state index contributed by atoms with van der Waals surface area (Å²) < 4.78 is 12.6. The van der Waals surface area contributed by atoms with Crippen molar-refractivity contribution in [3.63, 3.8) is 0 Å². The average molecular weight is 480 g/mol. The molecule has 2 N–H and O–H groups in total. The van der Waals surface area contributed by atoms with Crippen LogP contribution in [0, 0.1) is 13.8 Å². The molecule has 4 rings (SSSR count). The Morgan fingerprint density at radius 2 is 2.00 bits per heavy atom. The van der Waals surface area contributed by atoms with Crippen LogP contribution in [0.2, 0.25) is 0 Å². The molecule has 9 heteroatoms. The minimum atomic E-state index is -0.266. The first kappa shape index (κ1) is 23.7. The van der Waals surface area contributed by atoms with Crippen LogP contribution in [-0.2, 0) is 16.6 Å². The molecule has 1 aliphatic heterocycles. The van der Waals surface area contributed by atoms with Crippen LogP contribution in [0.1, 0.15) is 34.7 Å². The van der Waals surface area contributed by atoms with Crippen molar-refractivity contribution < 1.29 is 14.3 Å². The van der Waals surface area contributed by atoms with E-state index in [2.05, 4.69) is 52.0 Å². The van der Waals surface area contributed by atoms with Gasteiger partial charge in [-0.3, -0.25) is 9.78 Å². The summed E-state index contributed by atoms with van der Waals surface area (Å²) >= 11 is 5.84. The third kappa shape index (κ3) is 4.36. The Kier molecular flexibility index (Phi) is 6.85. The number of hydrogen-bond donors (Lipinski definition) is 2.